The van der Waals surface area contributed by atoms with Crippen LogP contribution in [0.5, 0.6) is 17.2 Å². The number of rotatable bonds is 8. The van der Waals surface area contributed by atoms with Crippen molar-refractivity contribution in [3.05, 3.63) is 71.4 Å². The Hall–Kier alpha value is -3.58. The SMILES string of the molecule is CS(=O)(=O)Nc1ccc2cc(-c3ccc(Oc4cc(Cl)c(OCCCl)c(C#N)c4)cc3)cnc2n1. The van der Waals surface area contributed by atoms with Crippen molar-refractivity contribution in [2.45, 2.75) is 0 Å². The van der Waals surface area contributed by atoms with E-state index in [1.54, 1.807) is 42.6 Å². The van der Waals surface area contributed by atoms with Crippen molar-refractivity contribution in [1.29, 1.82) is 5.26 Å². The maximum atomic E-state index is 11.4. The van der Waals surface area contributed by atoms with E-state index in [2.05, 4.69) is 20.8 Å². The average molecular weight is 529 g/mol. The minimum absolute atomic E-state index is 0.208. The van der Waals surface area contributed by atoms with Crippen LogP contribution in [-0.4, -0.2) is 37.1 Å². The maximum Gasteiger partial charge on any atom is 0.230 e. The molecule has 2 heterocycles. The van der Waals surface area contributed by atoms with Crippen LogP contribution in [0.4, 0.5) is 5.82 Å². The van der Waals surface area contributed by atoms with Crippen LogP contribution in [-0.2, 0) is 10.0 Å². The van der Waals surface area contributed by atoms with Gasteiger partial charge in [-0.25, -0.2) is 18.4 Å². The number of aromatic nitrogens is 2. The summed E-state index contributed by atoms with van der Waals surface area (Å²) in [5.74, 6) is 1.70. The highest BCUT2D eigenvalue weighted by Crippen LogP contribution is 2.35. The lowest BCUT2D eigenvalue weighted by molar-refractivity contribution is 0.341. The number of hydrogen-bond donors (Lipinski definition) is 1. The monoisotopic (exact) mass is 528 g/mol. The first-order chi connectivity index (χ1) is 16.8. The fourth-order valence-electron chi connectivity index (χ4n) is 3.26. The van der Waals surface area contributed by atoms with Crippen LogP contribution in [0.25, 0.3) is 22.2 Å². The lowest BCUT2D eigenvalue weighted by atomic mass is 10.1. The number of benzene rings is 2. The Morgan fingerprint density at radius 3 is 2.51 bits per heavy atom. The molecule has 0 bridgehead atoms. The molecule has 2 aromatic carbocycles. The van der Waals surface area contributed by atoms with Gasteiger partial charge in [-0.3, -0.25) is 4.72 Å². The summed E-state index contributed by atoms with van der Waals surface area (Å²) in [5, 5.41) is 10.4. The molecule has 0 unspecified atom stereocenters. The number of nitrogens with one attached hydrogen (secondary N) is 1. The zero-order valence-electron chi connectivity index (χ0n) is 18.3. The summed E-state index contributed by atoms with van der Waals surface area (Å²) < 4.78 is 36.5. The summed E-state index contributed by atoms with van der Waals surface area (Å²) in [6, 6.07) is 17.7. The number of anilines is 1. The Kier molecular flexibility index (Phi) is 7.26. The molecule has 4 rings (SSSR count). The molecule has 4 aromatic rings. The molecule has 0 aliphatic rings. The van der Waals surface area contributed by atoms with E-state index in [9.17, 15) is 13.7 Å². The molecule has 11 heteroatoms. The lowest BCUT2D eigenvalue weighted by Crippen LogP contribution is -2.10. The van der Waals surface area contributed by atoms with E-state index in [4.69, 9.17) is 32.7 Å². The van der Waals surface area contributed by atoms with Crippen molar-refractivity contribution < 1.29 is 17.9 Å². The van der Waals surface area contributed by atoms with Gasteiger partial charge in [0.25, 0.3) is 0 Å². The number of nitrogens with zero attached hydrogens (tertiary/aromatic N) is 3. The van der Waals surface area contributed by atoms with Crippen LogP contribution in [0.2, 0.25) is 5.02 Å². The van der Waals surface area contributed by atoms with E-state index >= 15 is 0 Å². The van der Waals surface area contributed by atoms with E-state index in [0.717, 1.165) is 22.8 Å². The molecule has 35 heavy (non-hydrogen) atoms. The van der Waals surface area contributed by atoms with Gasteiger partial charge < -0.3 is 9.47 Å². The molecule has 0 spiro atoms. The summed E-state index contributed by atoms with van der Waals surface area (Å²) in [7, 11) is -3.42. The number of hydrogen-bond acceptors (Lipinski definition) is 7. The summed E-state index contributed by atoms with van der Waals surface area (Å²) in [5.41, 5.74) is 2.42. The van der Waals surface area contributed by atoms with Gasteiger partial charge in [-0.1, -0.05) is 23.7 Å². The van der Waals surface area contributed by atoms with Gasteiger partial charge in [0.15, 0.2) is 11.4 Å². The molecule has 2 aromatic heterocycles. The molecule has 0 aliphatic heterocycles. The lowest BCUT2D eigenvalue weighted by Gasteiger charge is -2.12. The van der Waals surface area contributed by atoms with Crippen molar-refractivity contribution in [1.82, 2.24) is 9.97 Å². The highest BCUT2D eigenvalue weighted by molar-refractivity contribution is 7.92. The third-order valence-corrected chi connectivity index (χ3v) is 5.73. The zero-order valence-corrected chi connectivity index (χ0v) is 20.7. The van der Waals surface area contributed by atoms with Gasteiger partial charge in [-0.15, -0.1) is 11.6 Å². The van der Waals surface area contributed by atoms with Crippen molar-refractivity contribution in [2.24, 2.45) is 0 Å². The van der Waals surface area contributed by atoms with Gasteiger partial charge >= 0.3 is 0 Å². The second-order valence-electron chi connectivity index (χ2n) is 7.40. The Balaban J connectivity index is 1.53. The van der Waals surface area contributed by atoms with Crippen molar-refractivity contribution in [3.63, 3.8) is 0 Å². The molecule has 178 valence electrons. The number of ether oxygens (including phenoxy) is 2. The quantitative estimate of drug-likeness (QED) is 0.296. The van der Waals surface area contributed by atoms with Crippen molar-refractivity contribution in [3.8, 4) is 34.4 Å². The number of pyridine rings is 2. The number of halogens is 2. The van der Waals surface area contributed by atoms with Gasteiger partial charge in [-0.2, -0.15) is 5.26 Å². The Morgan fingerprint density at radius 2 is 1.83 bits per heavy atom. The summed E-state index contributed by atoms with van der Waals surface area (Å²) in [4.78, 5) is 8.58. The Morgan fingerprint density at radius 1 is 1.06 bits per heavy atom. The molecular weight excluding hydrogens is 511 g/mol. The van der Waals surface area contributed by atoms with E-state index < -0.39 is 10.0 Å². The molecule has 0 amide bonds. The van der Waals surface area contributed by atoms with Gasteiger partial charge in [0.1, 0.15) is 30.0 Å². The van der Waals surface area contributed by atoms with E-state index in [-0.39, 0.29) is 34.6 Å². The third kappa shape index (κ3) is 6.11. The van der Waals surface area contributed by atoms with E-state index in [1.165, 1.54) is 0 Å². The average Bonchev–Trinajstić information content (AvgIpc) is 2.82. The minimum Gasteiger partial charge on any atom is -0.489 e. The van der Waals surface area contributed by atoms with Gasteiger partial charge in [0.05, 0.1) is 22.7 Å². The standard InChI is InChI=1S/C24H18Cl2N4O4S/c1-35(31,32)30-22-7-4-16-10-18(14-28-24(16)29-22)15-2-5-19(6-3-15)34-20-11-17(13-27)23(21(26)12-20)33-9-8-25/h2-7,10-12,14H,8-9H2,1H3,(H,28,29,30). The summed E-state index contributed by atoms with van der Waals surface area (Å²) in [6.45, 7) is 0.232. The largest absolute Gasteiger partial charge is 0.489 e. The highest BCUT2D eigenvalue weighted by atomic mass is 35.5. The number of alkyl halides is 1. The summed E-state index contributed by atoms with van der Waals surface area (Å²) >= 11 is 11.9. The van der Waals surface area contributed by atoms with Gasteiger partial charge in [-0.05, 0) is 35.9 Å². The zero-order chi connectivity index (χ0) is 25.0. The molecule has 0 fully saturated rings. The van der Waals surface area contributed by atoms with Crippen LogP contribution < -0.4 is 14.2 Å². The maximum absolute atomic E-state index is 11.4. The molecular formula is C24H18Cl2N4O4S. The molecule has 1 N–H and O–H groups in total. The fourth-order valence-corrected chi connectivity index (χ4v) is 4.10. The van der Waals surface area contributed by atoms with Gasteiger partial charge in [0.2, 0.25) is 10.0 Å². The first-order valence-corrected chi connectivity index (χ1v) is 13.0. The minimum atomic E-state index is -3.42. The number of nitriles is 1. The second-order valence-corrected chi connectivity index (χ2v) is 9.93. The van der Waals surface area contributed by atoms with Crippen molar-refractivity contribution >= 4 is 50.1 Å². The highest BCUT2D eigenvalue weighted by Gasteiger charge is 2.13. The van der Waals surface area contributed by atoms with E-state index in [1.807, 2.05) is 18.2 Å². The molecule has 0 saturated heterocycles. The third-order valence-electron chi connectivity index (χ3n) is 4.72. The smallest absolute Gasteiger partial charge is 0.230 e. The first kappa shape index (κ1) is 24.5. The van der Waals surface area contributed by atoms with E-state index in [0.29, 0.717) is 17.1 Å². The predicted molar refractivity (Wildman–Crippen MR) is 136 cm³/mol. The molecule has 0 aliphatic carbocycles. The van der Waals surface area contributed by atoms with Gasteiger partial charge in [0, 0.05) is 29.3 Å². The number of sulfonamides is 1. The fraction of sp³-hybridized carbons (Fsp3) is 0.125. The topological polar surface area (TPSA) is 114 Å². The van der Waals surface area contributed by atoms with Crippen LogP contribution in [0.3, 0.4) is 0 Å². The molecule has 8 nitrogen and oxygen atoms in total. The first-order valence-electron chi connectivity index (χ1n) is 10.2. The molecule has 0 saturated carbocycles. The van der Waals surface area contributed by atoms with Crippen molar-refractivity contribution in [2.75, 3.05) is 23.5 Å². The van der Waals surface area contributed by atoms with Crippen LogP contribution in [0.1, 0.15) is 5.56 Å². The van der Waals surface area contributed by atoms with Crippen LogP contribution in [0.15, 0.2) is 60.8 Å². The number of fused-ring (bicyclic) bond motifs is 1. The van der Waals surface area contributed by atoms with Crippen LogP contribution >= 0.6 is 23.2 Å². The Bertz CT molecular complexity index is 1540. The molecule has 0 radical (unpaired) electrons. The molecule has 0 atom stereocenters. The van der Waals surface area contributed by atoms with Crippen LogP contribution in [0, 0.1) is 11.3 Å². The Labute approximate surface area is 212 Å². The normalized spacial score (nSPS) is 11.1. The predicted octanol–water partition coefficient (Wildman–Crippen LogP) is 5.60. The summed E-state index contributed by atoms with van der Waals surface area (Å²) in [6.07, 6.45) is 2.72. The second kappa shape index (κ2) is 10.4.